The number of hydrazone groups is 1. The SMILES string of the molecule is CC(=NNC(=O)CSc1ccccn1)c1ccc(C)cc1. The molecule has 0 bridgehead atoms. The minimum absolute atomic E-state index is 0.142. The van der Waals surface area contributed by atoms with Crippen LogP contribution in [0.1, 0.15) is 18.1 Å². The summed E-state index contributed by atoms with van der Waals surface area (Å²) in [5.74, 6) is 0.152. The lowest BCUT2D eigenvalue weighted by molar-refractivity contribution is -0.118. The van der Waals surface area contributed by atoms with Crippen LogP contribution in [0, 0.1) is 6.92 Å². The first-order valence-electron chi connectivity index (χ1n) is 6.59. The molecule has 0 radical (unpaired) electrons. The van der Waals surface area contributed by atoms with E-state index in [1.54, 1.807) is 6.20 Å². The summed E-state index contributed by atoms with van der Waals surface area (Å²) in [6.07, 6.45) is 1.71. The van der Waals surface area contributed by atoms with E-state index >= 15 is 0 Å². The summed E-state index contributed by atoms with van der Waals surface area (Å²) < 4.78 is 0. The van der Waals surface area contributed by atoms with Crippen LogP contribution in [0.4, 0.5) is 0 Å². The van der Waals surface area contributed by atoms with Crippen LogP contribution < -0.4 is 5.43 Å². The van der Waals surface area contributed by atoms with Gasteiger partial charge in [-0.1, -0.05) is 47.7 Å². The highest BCUT2D eigenvalue weighted by Crippen LogP contribution is 2.13. The Morgan fingerprint density at radius 3 is 2.67 bits per heavy atom. The Bertz CT molecular complexity index is 624. The lowest BCUT2D eigenvalue weighted by atomic mass is 10.1. The number of thioether (sulfide) groups is 1. The van der Waals surface area contributed by atoms with Crippen molar-refractivity contribution in [3.8, 4) is 0 Å². The molecule has 21 heavy (non-hydrogen) atoms. The van der Waals surface area contributed by atoms with Gasteiger partial charge in [-0.2, -0.15) is 5.10 Å². The van der Waals surface area contributed by atoms with Gasteiger partial charge in [0.1, 0.15) is 0 Å². The molecule has 1 aromatic heterocycles. The van der Waals surface area contributed by atoms with E-state index in [0.717, 1.165) is 16.3 Å². The molecule has 1 heterocycles. The number of benzene rings is 1. The van der Waals surface area contributed by atoms with E-state index in [1.807, 2.05) is 56.3 Å². The van der Waals surface area contributed by atoms with E-state index in [1.165, 1.54) is 17.3 Å². The van der Waals surface area contributed by atoms with Crippen LogP contribution in [-0.4, -0.2) is 22.4 Å². The van der Waals surface area contributed by atoms with Gasteiger partial charge in [0, 0.05) is 6.20 Å². The Morgan fingerprint density at radius 2 is 2.00 bits per heavy atom. The molecule has 108 valence electrons. The van der Waals surface area contributed by atoms with Gasteiger partial charge in [-0.25, -0.2) is 10.4 Å². The molecule has 2 aromatic rings. The van der Waals surface area contributed by atoms with Crippen molar-refractivity contribution in [2.24, 2.45) is 5.10 Å². The zero-order valence-corrected chi connectivity index (χ0v) is 12.9. The number of aryl methyl sites for hydroxylation is 1. The molecule has 0 aliphatic carbocycles. The maximum atomic E-state index is 11.7. The minimum atomic E-state index is -0.142. The Hall–Kier alpha value is -2.14. The lowest BCUT2D eigenvalue weighted by Crippen LogP contribution is -2.21. The fraction of sp³-hybridized carbons (Fsp3) is 0.188. The molecular weight excluding hydrogens is 282 g/mol. The van der Waals surface area contributed by atoms with Crippen molar-refractivity contribution in [3.63, 3.8) is 0 Å². The fourth-order valence-electron chi connectivity index (χ4n) is 1.61. The van der Waals surface area contributed by atoms with Gasteiger partial charge in [-0.3, -0.25) is 4.79 Å². The monoisotopic (exact) mass is 299 g/mol. The molecule has 5 heteroatoms. The number of rotatable bonds is 5. The van der Waals surface area contributed by atoms with Crippen molar-refractivity contribution < 1.29 is 4.79 Å². The van der Waals surface area contributed by atoms with Crippen molar-refractivity contribution in [2.75, 3.05) is 5.75 Å². The van der Waals surface area contributed by atoms with Crippen molar-refractivity contribution >= 4 is 23.4 Å². The average Bonchev–Trinajstić information content (AvgIpc) is 2.52. The first kappa shape index (κ1) is 15.3. The normalized spacial score (nSPS) is 11.2. The van der Waals surface area contributed by atoms with Gasteiger partial charge >= 0.3 is 0 Å². The number of hydrogen-bond donors (Lipinski definition) is 1. The van der Waals surface area contributed by atoms with Gasteiger partial charge in [-0.15, -0.1) is 0 Å². The van der Waals surface area contributed by atoms with Crippen molar-refractivity contribution in [3.05, 3.63) is 59.8 Å². The van der Waals surface area contributed by atoms with Crippen LogP contribution >= 0.6 is 11.8 Å². The highest BCUT2D eigenvalue weighted by atomic mass is 32.2. The van der Waals surface area contributed by atoms with Gasteiger partial charge in [0.05, 0.1) is 16.5 Å². The number of carbonyl (C=O) groups is 1. The maximum absolute atomic E-state index is 11.7. The Labute approximate surface area is 128 Å². The molecule has 0 atom stereocenters. The van der Waals surface area contributed by atoms with E-state index in [4.69, 9.17) is 0 Å². The number of nitrogens with one attached hydrogen (secondary N) is 1. The summed E-state index contributed by atoms with van der Waals surface area (Å²) in [4.78, 5) is 15.9. The molecule has 4 nitrogen and oxygen atoms in total. The van der Waals surface area contributed by atoms with Crippen LogP contribution in [0.5, 0.6) is 0 Å². The maximum Gasteiger partial charge on any atom is 0.250 e. The largest absolute Gasteiger partial charge is 0.272 e. The molecule has 0 aliphatic heterocycles. The Balaban J connectivity index is 1.85. The topological polar surface area (TPSA) is 54.4 Å². The van der Waals surface area contributed by atoms with Crippen molar-refractivity contribution in [1.29, 1.82) is 0 Å². The number of amides is 1. The minimum Gasteiger partial charge on any atom is -0.272 e. The molecule has 1 aromatic carbocycles. The van der Waals surface area contributed by atoms with E-state index in [0.29, 0.717) is 5.75 Å². The highest BCUT2D eigenvalue weighted by Gasteiger charge is 2.03. The van der Waals surface area contributed by atoms with Gasteiger partial charge in [-0.05, 0) is 31.5 Å². The van der Waals surface area contributed by atoms with Gasteiger partial charge in [0.15, 0.2) is 0 Å². The Kier molecular flexibility index (Phi) is 5.51. The van der Waals surface area contributed by atoms with Crippen LogP contribution in [0.15, 0.2) is 58.8 Å². The Morgan fingerprint density at radius 1 is 1.24 bits per heavy atom. The second-order valence-corrected chi connectivity index (χ2v) is 5.55. The first-order chi connectivity index (χ1) is 10.1. The van der Waals surface area contributed by atoms with E-state index in [-0.39, 0.29) is 5.91 Å². The van der Waals surface area contributed by atoms with E-state index in [9.17, 15) is 4.79 Å². The number of pyridine rings is 1. The molecule has 0 saturated heterocycles. The standard InChI is InChI=1S/C16H17N3OS/c1-12-6-8-14(9-7-12)13(2)18-19-15(20)11-21-16-5-3-4-10-17-16/h3-10H,11H2,1-2H3,(H,19,20). The third-order valence-electron chi connectivity index (χ3n) is 2.81. The zero-order chi connectivity index (χ0) is 15.1. The van der Waals surface area contributed by atoms with Gasteiger partial charge < -0.3 is 0 Å². The number of aromatic nitrogens is 1. The molecule has 0 spiro atoms. The van der Waals surface area contributed by atoms with Gasteiger partial charge in [0.25, 0.3) is 0 Å². The van der Waals surface area contributed by atoms with Crippen LogP contribution in [0.3, 0.4) is 0 Å². The third kappa shape index (κ3) is 5.04. The predicted octanol–water partition coefficient (Wildman–Crippen LogP) is 3.02. The average molecular weight is 299 g/mol. The quantitative estimate of drug-likeness (QED) is 0.524. The molecule has 0 saturated carbocycles. The summed E-state index contributed by atoms with van der Waals surface area (Å²) in [5.41, 5.74) is 5.54. The number of hydrogen-bond acceptors (Lipinski definition) is 4. The molecule has 1 N–H and O–H groups in total. The first-order valence-corrected chi connectivity index (χ1v) is 7.58. The summed E-state index contributed by atoms with van der Waals surface area (Å²) >= 11 is 1.39. The fourth-order valence-corrected chi connectivity index (χ4v) is 2.26. The molecule has 1 amide bonds. The van der Waals surface area contributed by atoms with Gasteiger partial charge in [0.2, 0.25) is 5.91 Å². The molecule has 0 fully saturated rings. The second kappa shape index (κ2) is 7.59. The summed E-state index contributed by atoms with van der Waals surface area (Å²) in [7, 11) is 0. The highest BCUT2D eigenvalue weighted by molar-refractivity contribution is 7.99. The zero-order valence-electron chi connectivity index (χ0n) is 12.0. The molecular formula is C16H17N3OS. The predicted molar refractivity (Wildman–Crippen MR) is 86.5 cm³/mol. The second-order valence-electron chi connectivity index (χ2n) is 4.55. The molecule has 0 aliphatic rings. The number of carbonyl (C=O) groups excluding carboxylic acids is 1. The van der Waals surface area contributed by atoms with Crippen molar-refractivity contribution in [1.82, 2.24) is 10.4 Å². The van der Waals surface area contributed by atoms with Crippen molar-refractivity contribution in [2.45, 2.75) is 18.9 Å². The van der Waals surface area contributed by atoms with Crippen LogP contribution in [-0.2, 0) is 4.79 Å². The number of nitrogens with zero attached hydrogens (tertiary/aromatic N) is 2. The smallest absolute Gasteiger partial charge is 0.250 e. The third-order valence-corrected chi connectivity index (χ3v) is 3.75. The van der Waals surface area contributed by atoms with Crippen LogP contribution in [0.2, 0.25) is 0 Å². The molecule has 0 unspecified atom stereocenters. The molecule has 2 rings (SSSR count). The van der Waals surface area contributed by atoms with E-state index < -0.39 is 0 Å². The lowest BCUT2D eigenvalue weighted by Gasteiger charge is -2.03. The van der Waals surface area contributed by atoms with E-state index in [2.05, 4.69) is 15.5 Å². The summed E-state index contributed by atoms with van der Waals surface area (Å²) in [6.45, 7) is 3.91. The summed E-state index contributed by atoms with van der Waals surface area (Å²) in [6, 6.07) is 13.6. The van der Waals surface area contributed by atoms with Crippen LogP contribution in [0.25, 0.3) is 0 Å². The summed E-state index contributed by atoms with van der Waals surface area (Å²) in [5, 5.41) is 4.95.